The highest BCUT2D eigenvalue weighted by Crippen LogP contribution is 2.23. The van der Waals surface area contributed by atoms with Gasteiger partial charge in [-0.3, -0.25) is 0 Å². The summed E-state index contributed by atoms with van der Waals surface area (Å²) in [6.07, 6.45) is 2.22. The maximum absolute atomic E-state index is 6.02. The fourth-order valence-corrected chi connectivity index (χ4v) is 1.93. The average Bonchev–Trinajstić information content (AvgIpc) is 2.29. The fraction of sp³-hybridized carbons (Fsp3) is 0.538. The molecule has 1 N–H and O–H groups in total. The second kappa shape index (κ2) is 4.77. The normalized spacial score (nSPS) is 20.1. The first-order chi connectivity index (χ1) is 7.29. The van der Waals surface area contributed by atoms with Gasteiger partial charge >= 0.3 is 0 Å². The zero-order valence-corrected chi connectivity index (χ0v) is 9.33. The molecule has 1 aliphatic rings. The molecule has 0 aromatic heterocycles. The van der Waals surface area contributed by atoms with Crippen LogP contribution in [0.3, 0.4) is 0 Å². The van der Waals surface area contributed by atoms with Crippen molar-refractivity contribution in [2.45, 2.75) is 32.0 Å². The molecular formula is C13H19NO. The third-order valence-corrected chi connectivity index (χ3v) is 3.09. The summed E-state index contributed by atoms with van der Waals surface area (Å²) in [6, 6.07) is 10.4. The van der Waals surface area contributed by atoms with E-state index in [1.807, 2.05) is 6.07 Å². The van der Waals surface area contributed by atoms with Gasteiger partial charge in [0, 0.05) is 0 Å². The van der Waals surface area contributed by atoms with Gasteiger partial charge in [-0.15, -0.1) is 0 Å². The first-order valence-electron chi connectivity index (χ1n) is 5.67. The van der Waals surface area contributed by atoms with Gasteiger partial charge in [-0.05, 0) is 38.4 Å². The topological polar surface area (TPSA) is 21.3 Å². The van der Waals surface area contributed by atoms with Gasteiger partial charge in [0.25, 0.3) is 0 Å². The summed E-state index contributed by atoms with van der Waals surface area (Å²) in [4.78, 5) is 0. The standard InChI is InChI=1S/C13H19NO/c1-13(7-9-14-10-8-13)15-11-12-5-3-2-4-6-12/h2-6,14H,7-11H2,1H3. The SMILES string of the molecule is CC1(OCc2ccccc2)CCNCC1. The van der Waals surface area contributed by atoms with Crippen LogP contribution in [0.4, 0.5) is 0 Å². The van der Waals surface area contributed by atoms with Gasteiger partial charge in [-0.2, -0.15) is 0 Å². The summed E-state index contributed by atoms with van der Waals surface area (Å²) in [5.41, 5.74) is 1.33. The molecule has 1 fully saturated rings. The van der Waals surface area contributed by atoms with Crippen LogP contribution in [0.25, 0.3) is 0 Å². The maximum Gasteiger partial charge on any atom is 0.0724 e. The molecule has 15 heavy (non-hydrogen) atoms. The third kappa shape index (κ3) is 3.05. The molecule has 1 heterocycles. The van der Waals surface area contributed by atoms with Gasteiger partial charge in [0.15, 0.2) is 0 Å². The van der Waals surface area contributed by atoms with E-state index in [0.717, 1.165) is 32.5 Å². The Labute approximate surface area is 91.6 Å². The molecule has 0 aliphatic carbocycles. The summed E-state index contributed by atoms with van der Waals surface area (Å²) in [6.45, 7) is 5.10. The number of nitrogens with one attached hydrogen (secondary N) is 1. The number of piperidine rings is 1. The van der Waals surface area contributed by atoms with E-state index >= 15 is 0 Å². The van der Waals surface area contributed by atoms with Crippen LogP contribution in [0, 0.1) is 0 Å². The molecular weight excluding hydrogens is 186 g/mol. The average molecular weight is 205 g/mol. The minimum atomic E-state index is 0.0705. The maximum atomic E-state index is 6.02. The highest BCUT2D eigenvalue weighted by atomic mass is 16.5. The summed E-state index contributed by atoms with van der Waals surface area (Å²) >= 11 is 0. The Morgan fingerprint density at radius 3 is 2.53 bits per heavy atom. The van der Waals surface area contributed by atoms with Crippen LogP contribution < -0.4 is 5.32 Å². The molecule has 0 unspecified atom stereocenters. The van der Waals surface area contributed by atoms with Gasteiger partial charge in [0.05, 0.1) is 12.2 Å². The summed E-state index contributed by atoms with van der Waals surface area (Å²) in [7, 11) is 0. The monoisotopic (exact) mass is 205 g/mol. The first kappa shape index (κ1) is 10.7. The molecule has 2 rings (SSSR count). The van der Waals surface area contributed by atoms with Crippen molar-refractivity contribution in [3.8, 4) is 0 Å². The highest BCUT2D eigenvalue weighted by Gasteiger charge is 2.27. The summed E-state index contributed by atoms with van der Waals surface area (Å²) in [5, 5.41) is 3.36. The molecule has 0 bridgehead atoms. The molecule has 0 atom stereocenters. The first-order valence-corrected chi connectivity index (χ1v) is 5.67. The Morgan fingerprint density at radius 2 is 1.87 bits per heavy atom. The number of ether oxygens (including phenoxy) is 1. The van der Waals surface area contributed by atoms with Crippen LogP contribution in [-0.4, -0.2) is 18.7 Å². The smallest absolute Gasteiger partial charge is 0.0724 e. The summed E-state index contributed by atoms with van der Waals surface area (Å²) in [5.74, 6) is 0. The van der Waals surface area contributed by atoms with Gasteiger partial charge in [-0.1, -0.05) is 30.3 Å². The van der Waals surface area contributed by atoms with E-state index in [4.69, 9.17) is 4.74 Å². The minimum absolute atomic E-state index is 0.0705. The van der Waals surface area contributed by atoms with Crippen molar-refractivity contribution >= 4 is 0 Å². The fourth-order valence-electron chi connectivity index (χ4n) is 1.93. The number of hydrogen-bond donors (Lipinski definition) is 1. The van der Waals surface area contributed by atoms with E-state index in [1.54, 1.807) is 0 Å². The van der Waals surface area contributed by atoms with Gasteiger partial charge in [0.1, 0.15) is 0 Å². The number of rotatable bonds is 3. The van der Waals surface area contributed by atoms with Crippen molar-refractivity contribution in [3.05, 3.63) is 35.9 Å². The zero-order valence-electron chi connectivity index (χ0n) is 9.33. The lowest BCUT2D eigenvalue weighted by molar-refractivity contribution is -0.0621. The van der Waals surface area contributed by atoms with Crippen LogP contribution in [0.1, 0.15) is 25.3 Å². The Hall–Kier alpha value is -0.860. The van der Waals surface area contributed by atoms with Crippen LogP contribution in [0.2, 0.25) is 0 Å². The lowest BCUT2D eigenvalue weighted by Crippen LogP contribution is -2.41. The molecule has 0 amide bonds. The molecule has 1 aliphatic heterocycles. The third-order valence-electron chi connectivity index (χ3n) is 3.09. The molecule has 1 saturated heterocycles. The predicted octanol–water partition coefficient (Wildman–Crippen LogP) is 2.35. The number of benzene rings is 1. The van der Waals surface area contributed by atoms with Crippen molar-refractivity contribution in [2.24, 2.45) is 0 Å². The molecule has 2 heteroatoms. The van der Waals surface area contributed by atoms with Crippen molar-refractivity contribution in [2.75, 3.05) is 13.1 Å². The molecule has 82 valence electrons. The molecule has 1 aromatic carbocycles. The Kier molecular flexibility index (Phi) is 3.39. The van der Waals surface area contributed by atoms with Gasteiger partial charge in [0.2, 0.25) is 0 Å². The van der Waals surface area contributed by atoms with Gasteiger partial charge < -0.3 is 10.1 Å². The van der Waals surface area contributed by atoms with Crippen molar-refractivity contribution in [3.63, 3.8) is 0 Å². The largest absolute Gasteiger partial charge is 0.371 e. The van der Waals surface area contributed by atoms with Crippen molar-refractivity contribution in [1.29, 1.82) is 0 Å². The second-order valence-corrected chi connectivity index (χ2v) is 4.47. The molecule has 0 spiro atoms. The minimum Gasteiger partial charge on any atom is -0.371 e. The van der Waals surface area contributed by atoms with Crippen LogP contribution in [-0.2, 0) is 11.3 Å². The lowest BCUT2D eigenvalue weighted by Gasteiger charge is -2.34. The van der Waals surface area contributed by atoms with Crippen LogP contribution in [0.5, 0.6) is 0 Å². The van der Waals surface area contributed by atoms with Gasteiger partial charge in [-0.25, -0.2) is 0 Å². The highest BCUT2D eigenvalue weighted by molar-refractivity contribution is 5.13. The quantitative estimate of drug-likeness (QED) is 0.818. The van der Waals surface area contributed by atoms with Crippen molar-refractivity contribution in [1.82, 2.24) is 5.32 Å². The Balaban J connectivity index is 1.87. The summed E-state index contributed by atoms with van der Waals surface area (Å²) < 4.78 is 6.02. The predicted molar refractivity (Wildman–Crippen MR) is 61.7 cm³/mol. The number of hydrogen-bond acceptors (Lipinski definition) is 2. The van der Waals surface area contributed by atoms with E-state index in [0.29, 0.717) is 0 Å². The van der Waals surface area contributed by atoms with E-state index in [-0.39, 0.29) is 5.60 Å². The van der Waals surface area contributed by atoms with E-state index in [2.05, 4.69) is 36.5 Å². The zero-order chi connectivity index (χ0) is 10.6. The van der Waals surface area contributed by atoms with Crippen molar-refractivity contribution < 1.29 is 4.74 Å². The van der Waals surface area contributed by atoms with Crippen LogP contribution in [0.15, 0.2) is 30.3 Å². The Bertz CT molecular complexity index is 291. The van der Waals surface area contributed by atoms with E-state index in [1.165, 1.54) is 5.56 Å². The lowest BCUT2D eigenvalue weighted by atomic mass is 9.94. The Morgan fingerprint density at radius 1 is 1.20 bits per heavy atom. The molecule has 0 saturated carbocycles. The van der Waals surface area contributed by atoms with E-state index < -0.39 is 0 Å². The molecule has 2 nitrogen and oxygen atoms in total. The van der Waals surface area contributed by atoms with E-state index in [9.17, 15) is 0 Å². The molecule has 0 radical (unpaired) electrons. The second-order valence-electron chi connectivity index (χ2n) is 4.47. The molecule has 1 aromatic rings. The van der Waals surface area contributed by atoms with Crippen LogP contribution >= 0.6 is 0 Å².